The summed E-state index contributed by atoms with van der Waals surface area (Å²) in [5, 5.41) is 10.2. The largest absolute Gasteiger partial charge is 0.506 e. The van der Waals surface area contributed by atoms with Crippen molar-refractivity contribution in [2.75, 3.05) is 6.61 Å². The van der Waals surface area contributed by atoms with Crippen LogP contribution < -0.4 is 0 Å². The molecule has 8 heteroatoms. The van der Waals surface area contributed by atoms with Gasteiger partial charge in [-0.05, 0) is 41.8 Å². The van der Waals surface area contributed by atoms with Gasteiger partial charge < -0.3 is 9.84 Å². The van der Waals surface area contributed by atoms with Gasteiger partial charge in [0.05, 0.1) is 22.7 Å². The Kier molecular flexibility index (Phi) is 5.46. The first-order valence-corrected chi connectivity index (χ1v) is 7.63. The van der Waals surface area contributed by atoms with Crippen LogP contribution in [-0.4, -0.2) is 29.9 Å². The number of halogens is 4. The lowest BCUT2D eigenvalue weighted by molar-refractivity contribution is -0.137. The SMILES string of the molecule is CCOC(=O)/C(C=NC1CC1)=C(\O)c1cc(F)c(F)c(Br)c1F. The van der Waals surface area contributed by atoms with Crippen molar-refractivity contribution in [3.8, 4) is 0 Å². The summed E-state index contributed by atoms with van der Waals surface area (Å²) in [5.74, 6) is -5.84. The van der Waals surface area contributed by atoms with Crippen LogP contribution in [0.4, 0.5) is 13.2 Å². The minimum atomic E-state index is -1.43. The number of aliphatic hydroxyl groups is 1. The summed E-state index contributed by atoms with van der Waals surface area (Å²) in [6, 6.07) is 0.503. The number of carbonyl (C=O) groups is 1. The highest BCUT2D eigenvalue weighted by atomic mass is 79.9. The standard InChI is InChI=1S/C15H13BrF3NO3/c1-2-23-15(22)9(6-20-7-3-4-7)14(21)8-5-10(17)13(19)11(16)12(8)18/h5-7,21H,2-4H2,1H3/b14-9-,20-6?. The molecule has 0 radical (unpaired) electrons. The normalized spacial score (nSPS) is 15.7. The van der Waals surface area contributed by atoms with E-state index in [0.29, 0.717) is 6.07 Å². The van der Waals surface area contributed by atoms with Crippen molar-refractivity contribution in [3.63, 3.8) is 0 Å². The van der Waals surface area contributed by atoms with E-state index in [0.717, 1.165) is 19.1 Å². The summed E-state index contributed by atoms with van der Waals surface area (Å²) < 4.78 is 44.8. The van der Waals surface area contributed by atoms with Gasteiger partial charge in [0.1, 0.15) is 11.3 Å². The zero-order valence-corrected chi connectivity index (χ0v) is 13.7. The van der Waals surface area contributed by atoms with Crippen LogP contribution in [0.5, 0.6) is 0 Å². The van der Waals surface area contributed by atoms with Gasteiger partial charge in [-0.3, -0.25) is 4.99 Å². The predicted molar refractivity (Wildman–Crippen MR) is 81.7 cm³/mol. The Morgan fingerprint density at radius 3 is 2.65 bits per heavy atom. The minimum absolute atomic E-state index is 0.0246. The van der Waals surface area contributed by atoms with Gasteiger partial charge in [0.15, 0.2) is 17.5 Å². The smallest absolute Gasteiger partial charge is 0.343 e. The summed E-state index contributed by atoms with van der Waals surface area (Å²) in [5.41, 5.74) is -1.09. The van der Waals surface area contributed by atoms with E-state index in [1.807, 2.05) is 0 Å². The number of benzene rings is 1. The number of aliphatic hydroxyl groups excluding tert-OH is 1. The maximum Gasteiger partial charge on any atom is 0.343 e. The Hall–Kier alpha value is -1.83. The molecule has 1 aromatic rings. The zero-order valence-electron chi connectivity index (χ0n) is 12.1. The number of aliphatic imine (C=N–C) groups is 1. The lowest BCUT2D eigenvalue weighted by Crippen LogP contribution is -2.12. The van der Waals surface area contributed by atoms with E-state index in [1.165, 1.54) is 0 Å². The van der Waals surface area contributed by atoms with Crippen molar-refractivity contribution >= 4 is 33.9 Å². The summed E-state index contributed by atoms with van der Waals surface area (Å²) in [6.45, 7) is 1.58. The molecule has 0 unspecified atom stereocenters. The molecule has 0 amide bonds. The van der Waals surface area contributed by atoms with Crippen LogP contribution in [0.25, 0.3) is 5.76 Å². The van der Waals surface area contributed by atoms with Crippen LogP contribution in [0.2, 0.25) is 0 Å². The molecule has 0 bridgehead atoms. The fourth-order valence-electron chi connectivity index (χ4n) is 1.71. The third-order valence-electron chi connectivity index (χ3n) is 3.07. The molecule has 124 valence electrons. The highest BCUT2D eigenvalue weighted by Gasteiger charge is 2.25. The molecule has 4 nitrogen and oxygen atoms in total. The molecule has 0 spiro atoms. The van der Waals surface area contributed by atoms with Crippen LogP contribution in [0.3, 0.4) is 0 Å². The van der Waals surface area contributed by atoms with Crippen molar-refractivity contribution < 1.29 is 27.8 Å². The van der Waals surface area contributed by atoms with Gasteiger partial charge in [-0.25, -0.2) is 18.0 Å². The molecule has 23 heavy (non-hydrogen) atoms. The number of hydrogen-bond donors (Lipinski definition) is 1. The second kappa shape index (κ2) is 7.16. The quantitative estimate of drug-likeness (QED) is 0.206. The monoisotopic (exact) mass is 391 g/mol. The number of nitrogens with zero attached hydrogens (tertiary/aromatic N) is 1. The molecule has 0 saturated heterocycles. The Morgan fingerprint density at radius 2 is 2.09 bits per heavy atom. The predicted octanol–water partition coefficient (Wildman–Crippen LogP) is 3.93. The molecule has 1 aliphatic carbocycles. The van der Waals surface area contributed by atoms with Crippen LogP contribution in [0, 0.1) is 17.5 Å². The molecule has 0 aliphatic heterocycles. The van der Waals surface area contributed by atoms with E-state index < -0.39 is 44.8 Å². The molecule has 0 atom stereocenters. The first-order valence-electron chi connectivity index (χ1n) is 6.83. The average molecular weight is 392 g/mol. The molecular formula is C15H13BrF3NO3. The first kappa shape index (κ1) is 17.5. The third kappa shape index (κ3) is 3.93. The molecule has 1 aromatic carbocycles. The molecule has 0 aromatic heterocycles. The van der Waals surface area contributed by atoms with Gasteiger partial charge in [0.2, 0.25) is 0 Å². The number of ether oxygens (including phenoxy) is 1. The average Bonchev–Trinajstić information content (AvgIpc) is 3.33. The van der Waals surface area contributed by atoms with E-state index in [1.54, 1.807) is 6.92 Å². The third-order valence-corrected chi connectivity index (χ3v) is 3.77. The van der Waals surface area contributed by atoms with Crippen molar-refractivity contribution in [2.24, 2.45) is 4.99 Å². The van der Waals surface area contributed by atoms with Crippen molar-refractivity contribution in [1.82, 2.24) is 0 Å². The molecule has 1 saturated carbocycles. The number of esters is 1. The highest BCUT2D eigenvalue weighted by molar-refractivity contribution is 9.10. The summed E-state index contributed by atoms with van der Waals surface area (Å²) in [4.78, 5) is 15.9. The van der Waals surface area contributed by atoms with Crippen molar-refractivity contribution in [2.45, 2.75) is 25.8 Å². The van der Waals surface area contributed by atoms with Crippen LogP contribution in [0.15, 0.2) is 21.1 Å². The molecule has 0 heterocycles. The second-order valence-corrected chi connectivity index (χ2v) is 5.63. The topological polar surface area (TPSA) is 58.9 Å². The fraction of sp³-hybridized carbons (Fsp3) is 0.333. The lowest BCUT2D eigenvalue weighted by Gasteiger charge is -2.09. The Bertz CT molecular complexity index is 700. The van der Waals surface area contributed by atoms with Crippen molar-refractivity contribution in [3.05, 3.63) is 39.1 Å². The minimum Gasteiger partial charge on any atom is -0.506 e. The highest BCUT2D eigenvalue weighted by Crippen LogP contribution is 2.30. The van der Waals surface area contributed by atoms with Gasteiger partial charge in [-0.15, -0.1) is 0 Å². The fourth-order valence-corrected chi connectivity index (χ4v) is 2.12. The lowest BCUT2D eigenvalue weighted by atomic mass is 10.1. The molecular weight excluding hydrogens is 379 g/mol. The zero-order chi connectivity index (χ0) is 17.1. The summed E-state index contributed by atoms with van der Waals surface area (Å²) >= 11 is 2.56. The van der Waals surface area contributed by atoms with E-state index in [9.17, 15) is 23.1 Å². The Morgan fingerprint density at radius 1 is 1.43 bits per heavy atom. The van der Waals surface area contributed by atoms with E-state index in [4.69, 9.17) is 4.74 Å². The Labute approximate surface area is 138 Å². The molecule has 2 rings (SSSR count). The van der Waals surface area contributed by atoms with Crippen LogP contribution >= 0.6 is 15.9 Å². The van der Waals surface area contributed by atoms with E-state index in [2.05, 4.69) is 20.9 Å². The maximum atomic E-state index is 14.1. The molecule has 1 fully saturated rings. The maximum absolute atomic E-state index is 14.1. The number of rotatable bonds is 5. The van der Waals surface area contributed by atoms with Gasteiger partial charge >= 0.3 is 5.97 Å². The Balaban J connectivity index is 2.54. The van der Waals surface area contributed by atoms with Crippen LogP contribution in [-0.2, 0) is 9.53 Å². The summed E-state index contributed by atoms with van der Waals surface area (Å²) in [7, 11) is 0. The number of carbonyl (C=O) groups excluding carboxylic acids is 1. The van der Waals surface area contributed by atoms with Crippen molar-refractivity contribution in [1.29, 1.82) is 0 Å². The molecule has 1 N–H and O–H groups in total. The van der Waals surface area contributed by atoms with Gasteiger partial charge in [-0.1, -0.05) is 0 Å². The van der Waals surface area contributed by atoms with Gasteiger partial charge in [0, 0.05) is 6.21 Å². The second-order valence-electron chi connectivity index (χ2n) is 4.84. The van der Waals surface area contributed by atoms with E-state index >= 15 is 0 Å². The first-order chi connectivity index (χ1) is 10.9. The number of hydrogen-bond acceptors (Lipinski definition) is 4. The van der Waals surface area contributed by atoms with Gasteiger partial charge in [0.25, 0.3) is 0 Å². The van der Waals surface area contributed by atoms with Crippen LogP contribution in [0.1, 0.15) is 25.3 Å². The summed E-state index contributed by atoms with van der Waals surface area (Å²) in [6.07, 6.45) is 2.76. The molecule has 1 aliphatic rings. The van der Waals surface area contributed by atoms with E-state index in [-0.39, 0.29) is 12.6 Å². The van der Waals surface area contributed by atoms with Gasteiger partial charge in [-0.2, -0.15) is 0 Å².